The van der Waals surface area contributed by atoms with Gasteiger partial charge >= 0.3 is 0 Å². The van der Waals surface area contributed by atoms with Gasteiger partial charge in [-0.25, -0.2) is 0 Å². The number of aryl methyl sites for hydroxylation is 1. The van der Waals surface area contributed by atoms with Crippen LogP contribution in [0.15, 0.2) is 35.1 Å². The van der Waals surface area contributed by atoms with E-state index in [2.05, 4.69) is 21.1 Å². The molecule has 6 nitrogen and oxygen atoms in total. The van der Waals surface area contributed by atoms with Gasteiger partial charge in [0.05, 0.1) is 6.54 Å². The van der Waals surface area contributed by atoms with Crippen LogP contribution in [0.25, 0.3) is 0 Å². The molecule has 0 spiro atoms. The van der Waals surface area contributed by atoms with Gasteiger partial charge in [-0.05, 0) is 18.6 Å². The molecule has 1 amide bonds. The fourth-order valence-corrected chi connectivity index (χ4v) is 2.67. The van der Waals surface area contributed by atoms with Gasteiger partial charge < -0.3 is 9.42 Å². The Labute approximate surface area is 129 Å². The van der Waals surface area contributed by atoms with Crippen LogP contribution in [-0.4, -0.2) is 45.5 Å². The van der Waals surface area contributed by atoms with E-state index >= 15 is 0 Å². The number of hydrogen-bond donors (Lipinski definition) is 0. The first-order valence-electron chi connectivity index (χ1n) is 7.52. The molecule has 0 atom stereocenters. The lowest BCUT2D eigenvalue weighted by Gasteiger charge is -2.21. The first-order chi connectivity index (χ1) is 10.7. The molecule has 116 valence electrons. The smallest absolute Gasteiger partial charge is 0.224 e. The number of rotatable bonds is 4. The topological polar surface area (TPSA) is 62.5 Å². The molecule has 0 N–H and O–H groups in total. The van der Waals surface area contributed by atoms with E-state index in [4.69, 9.17) is 4.52 Å². The molecule has 2 aromatic heterocycles. The first-order valence-corrected chi connectivity index (χ1v) is 7.52. The Morgan fingerprint density at radius 2 is 2.18 bits per heavy atom. The second-order valence-electron chi connectivity index (χ2n) is 5.63. The van der Waals surface area contributed by atoms with Gasteiger partial charge in [-0.15, -0.1) is 0 Å². The molecule has 1 aliphatic heterocycles. The van der Waals surface area contributed by atoms with Crippen molar-refractivity contribution in [3.8, 4) is 0 Å². The van der Waals surface area contributed by atoms with Crippen molar-refractivity contribution < 1.29 is 9.32 Å². The molecule has 1 saturated heterocycles. The Hall–Kier alpha value is -2.21. The van der Waals surface area contributed by atoms with Crippen molar-refractivity contribution in [2.24, 2.45) is 0 Å². The average Bonchev–Trinajstić information content (AvgIpc) is 2.86. The van der Waals surface area contributed by atoms with E-state index < -0.39 is 0 Å². The van der Waals surface area contributed by atoms with Crippen molar-refractivity contribution >= 4 is 5.91 Å². The van der Waals surface area contributed by atoms with Crippen LogP contribution < -0.4 is 0 Å². The molecule has 1 aliphatic rings. The summed E-state index contributed by atoms with van der Waals surface area (Å²) < 4.78 is 5.07. The molecule has 0 radical (unpaired) electrons. The van der Waals surface area contributed by atoms with Crippen LogP contribution in [-0.2, 0) is 17.9 Å². The van der Waals surface area contributed by atoms with Crippen LogP contribution in [0.4, 0.5) is 0 Å². The predicted molar refractivity (Wildman–Crippen MR) is 80.8 cm³/mol. The molecular formula is C16H20N4O2. The van der Waals surface area contributed by atoms with E-state index in [1.807, 2.05) is 30.2 Å². The minimum absolute atomic E-state index is 0.175. The van der Waals surface area contributed by atoms with Gasteiger partial charge in [-0.1, -0.05) is 11.2 Å². The second-order valence-corrected chi connectivity index (χ2v) is 5.63. The minimum Gasteiger partial charge on any atom is -0.361 e. The molecule has 3 heterocycles. The summed E-state index contributed by atoms with van der Waals surface area (Å²) in [7, 11) is 0. The lowest BCUT2D eigenvalue weighted by molar-refractivity contribution is -0.131. The fraction of sp³-hybridized carbons (Fsp3) is 0.438. The van der Waals surface area contributed by atoms with Gasteiger partial charge in [0.25, 0.3) is 0 Å². The minimum atomic E-state index is 0.175. The van der Waals surface area contributed by atoms with Crippen molar-refractivity contribution in [3.63, 3.8) is 0 Å². The predicted octanol–water partition coefficient (Wildman–Crippen LogP) is 1.61. The molecule has 1 fully saturated rings. The first kappa shape index (κ1) is 14.7. The SMILES string of the molecule is Cc1cc(CN2CCN(Cc3cccnc3)CCC2=O)no1. The summed E-state index contributed by atoms with van der Waals surface area (Å²) in [6.45, 7) is 5.57. The van der Waals surface area contributed by atoms with E-state index in [1.54, 1.807) is 6.20 Å². The largest absolute Gasteiger partial charge is 0.361 e. The second kappa shape index (κ2) is 6.70. The Morgan fingerprint density at radius 1 is 1.27 bits per heavy atom. The summed E-state index contributed by atoms with van der Waals surface area (Å²) in [5.41, 5.74) is 1.99. The summed E-state index contributed by atoms with van der Waals surface area (Å²) in [6, 6.07) is 5.89. The summed E-state index contributed by atoms with van der Waals surface area (Å²) >= 11 is 0. The summed E-state index contributed by atoms with van der Waals surface area (Å²) in [5, 5.41) is 3.97. The van der Waals surface area contributed by atoms with Gasteiger partial charge in [0, 0.05) is 51.1 Å². The molecule has 6 heteroatoms. The highest BCUT2D eigenvalue weighted by Crippen LogP contribution is 2.12. The van der Waals surface area contributed by atoms with E-state index in [-0.39, 0.29) is 5.91 Å². The van der Waals surface area contributed by atoms with Crippen LogP contribution >= 0.6 is 0 Å². The number of carbonyl (C=O) groups is 1. The number of nitrogens with zero attached hydrogens (tertiary/aromatic N) is 4. The van der Waals surface area contributed by atoms with Crippen molar-refractivity contribution in [1.82, 2.24) is 19.9 Å². The van der Waals surface area contributed by atoms with Crippen LogP contribution in [0.3, 0.4) is 0 Å². The third-order valence-electron chi connectivity index (χ3n) is 3.84. The highest BCUT2D eigenvalue weighted by atomic mass is 16.5. The van der Waals surface area contributed by atoms with Crippen LogP contribution in [0.5, 0.6) is 0 Å². The normalized spacial score (nSPS) is 16.8. The third kappa shape index (κ3) is 3.71. The Bertz CT molecular complexity index is 626. The monoisotopic (exact) mass is 300 g/mol. The Balaban J connectivity index is 1.59. The van der Waals surface area contributed by atoms with E-state index in [0.29, 0.717) is 19.5 Å². The molecule has 0 aromatic carbocycles. The molecule has 3 rings (SSSR count). The zero-order chi connectivity index (χ0) is 15.4. The highest BCUT2D eigenvalue weighted by Gasteiger charge is 2.22. The van der Waals surface area contributed by atoms with Crippen LogP contribution in [0.1, 0.15) is 23.4 Å². The van der Waals surface area contributed by atoms with Gasteiger partial charge in [0.1, 0.15) is 11.5 Å². The maximum Gasteiger partial charge on any atom is 0.224 e. The Kier molecular flexibility index (Phi) is 4.48. The molecule has 2 aromatic rings. The highest BCUT2D eigenvalue weighted by molar-refractivity contribution is 5.76. The maximum atomic E-state index is 12.3. The number of carbonyl (C=O) groups excluding carboxylic acids is 1. The van der Waals surface area contributed by atoms with Gasteiger partial charge in [-0.2, -0.15) is 0 Å². The zero-order valence-electron chi connectivity index (χ0n) is 12.7. The van der Waals surface area contributed by atoms with Crippen LogP contribution in [0.2, 0.25) is 0 Å². The number of hydrogen-bond acceptors (Lipinski definition) is 5. The maximum absolute atomic E-state index is 12.3. The lowest BCUT2D eigenvalue weighted by Crippen LogP contribution is -2.32. The molecule has 0 unspecified atom stereocenters. The standard InChI is InChI=1S/C16H20N4O2/c1-13-9-15(18-22-13)12-20-8-7-19(6-4-16(20)21)11-14-3-2-5-17-10-14/h2-3,5,9-10H,4,6-8,11-12H2,1H3. The third-order valence-corrected chi connectivity index (χ3v) is 3.84. The van der Waals surface area contributed by atoms with Crippen LogP contribution in [0, 0.1) is 6.92 Å². The zero-order valence-corrected chi connectivity index (χ0v) is 12.7. The lowest BCUT2D eigenvalue weighted by atomic mass is 10.2. The summed E-state index contributed by atoms with van der Waals surface area (Å²) in [4.78, 5) is 20.5. The van der Waals surface area contributed by atoms with Crippen molar-refractivity contribution in [2.75, 3.05) is 19.6 Å². The van der Waals surface area contributed by atoms with Gasteiger partial charge in [0.2, 0.25) is 5.91 Å². The van der Waals surface area contributed by atoms with Crippen molar-refractivity contribution in [3.05, 3.63) is 47.6 Å². The van der Waals surface area contributed by atoms with E-state index in [9.17, 15) is 4.79 Å². The number of amides is 1. The van der Waals surface area contributed by atoms with Gasteiger partial charge in [-0.3, -0.25) is 14.7 Å². The molecule has 22 heavy (non-hydrogen) atoms. The molecule has 0 aliphatic carbocycles. The number of aromatic nitrogens is 2. The van der Waals surface area contributed by atoms with Crippen molar-refractivity contribution in [2.45, 2.75) is 26.4 Å². The Morgan fingerprint density at radius 3 is 2.91 bits per heavy atom. The molecule has 0 saturated carbocycles. The average molecular weight is 300 g/mol. The van der Waals surface area contributed by atoms with E-state index in [1.165, 1.54) is 5.56 Å². The summed E-state index contributed by atoms with van der Waals surface area (Å²) in [6.07, 6.45) is 4.19. The molecule has 0 bridgehead atoms. The fourth-order valence-electron chi connectivity index (χ4n) is 2.67. The van der Waals surface area contributed by atoms with Gasteiger partial charge in [0.15, 0.2) is 0 Å². The molecular weight excluding hydrogens is 280 g/mol. The number of pyridine rings is 1. The summed E-state index contributed by atoms with van der Waals surface area (Å²) in [5.74, 6) is 0.949. The quantitative estimate of drug-likeness (QED) is 0.858. The van der Waals surface area contributed by atoms with Crippen molar-refractivity contribution in [1.29, 1.82) is 0 Å². The van der Waals surface area contributed by atoms with E-state index in [0.717, 1.165) is 31.1 Å².